The molecule has 8 heteroatoms. The van der Waals surface area contributed by atoms with Crippen LogP contribution in [-0.2, 0) is 9.53 Å². The van der Waals surface area contributed by atoms with Crippen LogP contribution in [0.5, 0.6) is 0 Å². The number of guanidine groups is 1. The van der Waals surface area contributed by atoms with Crippen LogP contribution in [0.4, 0.5) is 0 Å². The lowest BCUT2D eigenvalue weighted by molar-refractivity contribution is -0.127. The number of amides is 1. The molecule has 0 aromatic heterocycles. The minimum absolute atomic E-state index is 0. The SMILES string of the molecule is CCN(CC)C(CNC(=NCC(=O)N(C)C)NCC1CCCCO1)c1ccccc1.I. The third-order valence-corrected chi connectivity index (χ3v) is 5.54. The molecule has 1 amide bonds. The number of carbonyl (C=O) groups is 1. The second kappa shape index (κ2) is 15.4. The van der Waals surface area contributed by atoms with Crippen LogP contribution in [0.25, 0.3) is 0 Å². The molecule has 176 valence electrons. The number of rotatable bonds is 10. The van der Waals surface area contributed by atoms with Gasteiger partial charge in [0.15, 0.2) is 5.96 Å². The molecule has 0 radical (unpaired) electrons. The summed E-state index contributed by atoms with van der Waals surface area (Å²) in [6.45, 7) is 8.64. The number of hydrogen-bond acceptors (Lipinski definition) is 4. The van der Waals surface area contributed by atoms with Gasteiger partial charge in [-0.15, -0.1) is 24.0 Å². The van der Waals surface area contributed by atoms with Crippen molar-refractivity contribution in [1.29, 1.82) is 0 Å². The molecule has 2 rings (SSSR count). The Morgan fingerprint density at radius 1 is 1.16 bits per heavy atom. The molecule has 1 fully saturated rings. The van der Waals surface area contributed by atoms with Crippen molar-refractivity contribution in [3.63, 3.8) is 0 Å². The van der Waals surface area contributed by atoms with Gasteiger partial charge in [0.05, 0.1) is 12.1 Å². The van der Waals surface area contributed by atoms with Gasteiger partial charge in [-0.2, -0.15) is 0 Å². The van der Waals surface area contributed by atoms with Crippen molar-refractivity contribution in [1.82, 2.24) is 20.4 Å². The fourth-order valence-electron chi connectivity index (χ4n) is 3.63. The van der Waals surface area contributed by atoms with Crippen molar-refractivity contribution in [2.75, 3.05) is 53.4 Å². The third kappa shape index (κ3) is 9.74. The van der Waals surface area contributed by atoms with Gasteiger partial charge in [0, 0.05) is 33.8 Å². The smallest absolute Gasteiger partial charge is 0.243 e. The van der Waals surface area contributed by atoms with Gasteiger partial charge in [-0.05, 0) is 37.9 Å². The number of nitrogens with zero attached hydrogens (tertiary/aromatic N) is 3. The summed E-state index contributed by atoms with van der Waals surface area (Å²) in [6.07, 6.45) is 3.59. The highest BCUT2D eigenvalue weighted by Gasteiger charge is 2.19. The number of benzene rings is 1. The van der Waals surface area contributed by atoms with Crippen LogP contribution in [-0.4, -0.2) is 81.2 Å². The predicted octanol–water partition coefficient (Wildman–Crippen LogP) is 2.88. The molecule has 1 heterocycles. The summed E-state index contributed by atoms with van der Waals surface area (Å²) < 4.78 is 5.83. The van der Waals surface area contributed by atoms with Gasteiger partial charge in [0.25, 0.3) is 0 Å². The molecule has 0 saturated carbocycles. The summed E-state index contributed by atoms with van der Waals surface area (Å²) >= 11 is 0. The zero-order chi connectivity index (χ0) is 21.8. The molecule has 2 atom stereocenters. The van der Waals surface area contributed by atoms with Gasteiger partial charge in [0.1, 0.15) is 6.54 Å². The Morgan fingerprint density at radius 2 is 1.87 bits per heavy atom. The summed E-state index contributed by atoms with van der Waals surface area (Å²) in [5.41, 5.74) is 1.27. The lowest BCUT2D eigenvalue weighted by atomic mass is 10.1. The number of ether oxygens (including phenoxy) is 1. The average molecular weight is 546 g/mol. The molecular weight excluding hydrogens is 505 g/mol. The highest BCUT2D eigenvalue weighted by molar-refractivity contribution is 14.0. The molecule has 1 aromatic carbocycles. The first-order chi connectivity index (χ1) is 14.5. The maximum atomic E-state index is 12.0. The van der Waals surface area contributed by atoms with Crippen molar-refractivity contribution in [3.8, 4) is 0 Å². The Kier molecular flexibility index (Phi) is 13.7. The van der Waals surface area contributed by atoms with Gasteiger partial charge in [-0.1, -0.05) is 44.2 Å². The van der Waals surface area contributed by atoms with E-state index in [-0.39, 0.29) is 48.6 Å². The fourth-order valence-corrected chi connectivity index (χ4v) is 3.63. The minimum atomic E-state index is -0.0200. The minimum Gasteiger partial charge on any atom is -0.376 e. The molecular formula is C23H40IN5O2. The van der Waals surface area contributed by atoms with Crippen molar-refractivity contribution in [2.24, 2.45) is 4.99 Å². The van der Waals surface area contributed by atoms with Crippen molar-refractivity contribution in [2.45, 2.75) is 45.3 Å². The van der Waals surface area contributed by atoms with Gasteiger partial charge < -0.3 is 20.3 Å². The van der Waals surface area contributed by atoms with Gasteiger partial charge in [-0.25, -0.2) is 4.99 Å². The van der Waals surface area contributed by atoms with E-state index in [2.05, 4.69) is 58.6 Å². The van der Waals surface area contributed by atoms with Gasteiger partial charge in [0.2, 0.25) is 5.91 Å². The quantitative estimate of drug-likeness (QED) is 0.269. The molecule has 2 N–H and O–H groups in total. The van der Waals surface area contributed by atoms with Crippen LogP contribution in [0.3, 0.4) is 0 Å². The van der Waals surface area contributed by atoms with E-state index in [9.17, 15) is 4.79 Å². The van der Waals surface area contributed by atoms with Gasteiger partial charge in [-0.3, -0.25) is 9.69 Å². The summed E-state index contributed by atoms with van der Waals surface area (Å²) in [4.78, 5) is 20.6. The summed E-state index contributed by atoms with van der Waals surface area (Å²) in [5.74, 6) is 0.640. The Balaban J connectivity index is 0.00000480. The molecule has 0 spiro atoms. The number of halogens is 1. The van der Waals surface area contributed by atoms with Crippen molar-refractivity contribution >= 4 is 35.8 Å². The zero-order valence-electron chi connectivity index (χ0n) is 19.5. The molecule has 2 unspecified atom stereocenters. The normalized spacial score (nSPS) is 17.6. The van der Waals surface area contributed by atoms with E-state index in [4.69, 9.17) is 4.74 Å². The number of hydrogen-bond donors (Lipinski definition) is 2. The second-order valence-electron chi connectivity index (χ2n) is 7.85. The van der Waals surface area contributed by atoms with Crippen molar-refractivity contribution < 1.29 is 9.53 Å². The van der Waals surface area contributed by atoms with E-state index in [1.165, 1.54) is 12.0 Å². The Morgan fingerprint density at radius 3 is 2.45 bits per heavy atom. The van der Waals surface area contributed by atoms with Crippen LogP contribution < -0.4 is 10.6 Å². The number of carbonyl (C=O) groups excluding carboxylic acids is 1. The Labute approximate surface area is 205 Å². The largest absolute Gasteiger partial charge is 0.376 e. The maximum absolute atomic E-state index is 12.0. The molecule has 1 aliphatic rings. The highest BCUT2D eigenvalue weighted by atomic mass is 127. The maximum Gasteiger partial charge on any atom is 0.243 e. The molecule has 0 aliphatic carbocycles. The summed E-state index contributed by atoms with van der Waals surface area (Å²) in [5, 5.41) is 6.86. The number of nitrogens with one attached hydrogen (secondary N) is 2. The molecule has 1 saturated heterocycles. The van der Waals surface area contributed by atoms with Crippen LogP contribution in [0, 0.1) is 0 Å². The van der Waals surface area contributed by atoms with E-state index in [0.29, 0.717) is 19.0 Å². The first-order valence-corrected chi connectivity index (χ1v) is 11.2. The molecule has 1 aliphatic heterocycles. The van der Waals surface area contributed by atoms with Crippen LogP contribution in [0.15, 0.2) is 35.3 Å². The zero-order valence-corrected chi connectivity index (χ0v) is 21.8. The van der Waals surface area contributed by atoms with E-state index in [1.54, 1.807) is 19.0 Å². The van der Waals surface area contributed by atoms with E-state index < -0.39 is 0 Å². The standard InChI is InChI=1S/C23H39N5O2.HI/c1-5-28(6-2)21(19-12-8-7-9-13-19)17-25-23(26-18-22(29)27(3)4)24-16-20-14-10-11-15-30-20;/h7-9,12-13,20-21H,5-6,10-11,14-18H2,1-4H3,(H2,24,25,26);1H. The van der Waals surface area contributed by atoms with E-state index >= 15 is 0 Å². The first-order valence-electron chi connectivity index (χ1n) is 11.2. The molecule has 1 aromatic rings. The first kappa shape index (κ1) is 27.6. The van der Waals surface area contributed by atoms with Crippen LogP contribution in [0.2, 0.25) is 0 Å². The highest BCUT2D eigenvalue weighted by Crippen LogP contribution is 2.19. The van der Waals surface area contributed by atoms with Gasteiger partial charge >= 0.3 is 0 Å². The molecule has 31 heavy (non-hydrogen) atoms. The van der Waals surface area contributed by atoms with E-state index in [0.717, 1.165) is 32.5 Å². The van der Waals surface area contributed by atoms with Crippen LogP contribution >= 0.6 is 24.0 Å². The summed E-state index contributed by atoms with van der Waals surface area (Å²) in [6, 6.07) is 10.8. The van der Waals surface area contributed by atoms with Crippen molar-refractivity contribution in [3.05, 3.63) is 35.9 Å². The predicted molar refractivity (Wildman–Crippen MR) is 138 cm³/mol. The monoisotopic (exact) mass is 545 g/mol. The number of aliphatic imine (C=N–C) groups is 1. The fraction of sp³-hybridized carbons (Fsp3) is 0.652. The van der Waals surface area contributed by atoms with E-state index in [1.807, 2.05) is 6.07 Å². The molecule has 7 nitrogen and oxygen atoms in total. The third-order valence-electron chi connectivity index (χ3n) is 5.54. The average Bonchev–Trinajstić information content (AvgIpc) is 2.78. The topological polar surface area (TPSA) is 69.2 Å². The number of likely N-dealkylation sites (N-methyl/N-ethyl adjacent to an activating group) is 2. The second-order valence-corrected chi connectivity index (χ2v) is 7.85. The lowest BCUT2D eigenvalue weighted by Gasteiger charge is -2.31. The molecule has 0 bridgehead atoms. The Hall–Kier alpha value is -1.39. The summed E-state index contributed by atoms with van der Waals surface area (Å²) in [7, 11) is 3.50. The lowest BCUT2D eigenvalue weighted by Crippen LogP contribution is -2.46. The van der Waals surface area contributed by atoms with Crippen LogP contribution in [0.1, 0.15) is 44.7 Å². The Bertz CT molecular complexity index is 647.